The predicted octanol–water partition coefficient (Wildman–Crippen LogP) is 2.71. The third kappa shape index (κ3) is 3.05. The maximum absolute atomic E-state index is 5.76. The second kappa shape index (κ2) is 5.29. The van der Waals surface area contributed by atoms with Gasteiger partial charge in [-0.25, -0.2) is 4.98 Å². The lowest BCUT2D eigenvalue weighted by Gasteiger charge is -2.02. The van der Waals surface area contributed by atoms with E-state index in [0.29, 0.717) is 0 Å². The second-order valence-electron chi connectivity index (χ2n) is 4.06. The van der Waals surface area contributed by atoms with E-state index in [1.165, 1.54) is 0 Å². The van der Waals surface area contributed by atoms with Crippen LogP contribution in [0.15, 0.2) is 29.6 Å². The molecule has 1 aromatic carbocycles. The van der Waals surface area contributed by atoms with Crippen LogP contribution < -0.4 is 10.5 Å². The van der Waals surface area contributed by atoms with Gasteiger partial charge in [0, 0.05) is 23.4 Å². The number of hydrogen-bond donors (Lipinski definition) is 1. The molecule has 2 aromatic rings. The van der Waals surface area contributed by atoms with Gasteiger partial charge in [-0.2, -0.15) is 0 Å². The smallest absolute Gasteiger partial charge is 0.123 e. The molecular formula is C13H16N2OS. The Hall–Kier alpha value is -1.39. The van der Waals surface area contributed by atoms with E-state index in [1.54, 1.807) is 18.4 Å². The molecule has 1 heterocycles. The van der Waals surface area contributed by atoms with Crippen LogP contribution in [0, 0.1) is 0 Å². The molecule has 0 amide bonds. The van der Waals surface area contributed by atoms with Crippen LogP contribution in [0.4, 0.5) is 0 Å². The van der Waals surface area contributed by atoms with Gasteiger partial charge in [0.25, 0.3) is 0 Å². The van der Waals surface area contributed by atoms with Crippen LogP contribution in [-0.2, 0) is 6.42 Å². The topological polar surface area (TPSA) is 48.1 Å². The highest BCUT2D eigenvalue weighted by Crippen LogP contribution is 2.27. The molecule has 4 heteroatoms. The summed E-state index contributed by atoms with van der Waals surface area (Å²) in [5.41, 5.74) is 7.91. The van der Waals surface area contributed by atoms with Gasteiger partial charge >= 0.3 is 0 Å². The Bertz CT molecular complexity index is 494. The largest absolute Gasteiger partial charge is 0.497 e. The van der Waals surface area contributed by atoms with Crippen molar-refractivity contribution in [3.8, 4) is 16.3 Å². The zero-order chi connectivity index (χ0) is 12.3. The normalized spacial score (nSPS) is 12.4. The third-order valence-electron chi connectivity index (χ3n) is 2.40. The standard InChI is InChI=1S/C13H16N2OS/c1-9(14)6-11-8-17-13(15-11)10-4-3-5-12(7-10)16-2/h3-5,7-9H,6,14H2,1-2H3. The summed E-state index contributed by atoms with van der Waals surface area (Å²) >= 11 is 1.64. The Labute approximate surface area is 105 Å². The first kappa shape index (κ1) is 12.1. The Morgan fingerprint density at radius 2 is 2.29 bits per heavy atom. The zero-order valence-corrected chi connectivity index (χ0v) is 10.8. The maximum Gasteiger partial charge on any atom is 0.123 e. The van der Waals surface area contributed by atoms with Crippen LogP contribution in [-0.4, -0.2) is 18.1 Å². The molecule has 1 atom stereocenters. The number of nitrogens with zero attached hydrogens (tertiary/aromatic N) is 1. The summed E-state index contributed by atoms with van der Waals surface area (Å²) in [5, 5.41) is 3.08. The summed E-state index contributed by atoms with van der Waals surface area (Å²) in [6.45, 7) is 1.99. The fourth-order valence-electron chi connectivity index (χ4n) is 1.62. The fourth-order valence-corrected chi connectivity index (χ4v) is 2.45. The van der Waals surface area contributed by atoms with Gasteiger partial charge in [0.1, 0.15) is 10.8 Å². The molecule has 0 aliphatic rings. The molecule has 0 aliphatic carbocycles. The molecule has 0 bridgehead atoms. The Morgan fingerprint density at radius 3 is 3.00 bits per heavy atom. The lowest BCUT2D eigenvalue weighted by atomic mass is 10.2. The summed E-state index contributed by atoms with van der Waals surface area (Å²) in [4.78, 5) is 4.58. The van der Waals surface area contributed by atoms with Crippen LogP contribution in [0.2, 0.25) is 0 Å². The van der Waals surface area contributed by atoms with Crippen LogP contribution in [0.1, 0.15) is 12.6 Å². The van der Waals surface area contributed by atoms with E-state index in [0.717, 1.165) is 28.4 Å². The molecule has 3 nitrogen and oxygen atoms in total. The summed E-state index contributed by atoms with van der Waals surface area (Å²) < 4.78 is 5.20. The first-order valence-electron chi connectivity index (χ1n) is 5.53. The number of methoxy groups -OCH3 is 1. The highest BCUT2D eigenvalue weighted by Gasteiger charge is 2.07. The third-order valence-corrected chi connectivity index (χ3v) is 3.34. The van der Waals surface area contributed by atoms with Crippen molar-refractivity contribution in [2.45, 2.75) is 19.4 Å². The van der Waals surface area contributed by atoms with Crippen molar-refractivity contribution in [3.05, 3.63) is 35.3 Å². The van der Waals surface area contributed by atoms with Crippen LogP contribution in [0.25, 0.3) is 10.6 Å². The van der Waals surface area contributed by atoms with Crippen molar-refractivity contribution >= 4 is 11.3 Å². The van der Waals surface area contributed by atoms with Gasteiger partial charge in [-0.1, -0.05) is 12.1 Å². The zero-order valence-electron chi connectivity index (χ0n) is 10.0. The Morgan fingerprint density at radius 1 is 1.47 bits per heavy atom. The van der Waals surface area contributed by atoms with Crippen LogP contribution in [0.3, 0.4) is 0 Å². The second-order valence-corrected chi connectivity index (χ2v) is 4.92. The molecule has 2 rings (SSSR count). The lowest BCUT2D eigenvalue weighted by molar-refractivity contribution is 0.415. The van der Waals surface area contributed by atoms with Gasteiger partial charge in [0.2, 0.25) is 0 Å². The molecule has 0 saturated heterocycles. The number of benzene rings is 1. The minimum absolute atomic E-state index is 0.148. The van der Waals surface area contributed by atoms with Crippen molar-refractivity contribution in [2.75, 3.05) is 7.11 Å². The molecule has 1 unspecified atom stereocenters. The molecule has 0 saturated carbocycles. The van der Waals surface area contributed by atoms with Crippen LogP contribution in [0.5, 0.6) is 5.75 Å². The van der Waals surface area contributed by atoms with Gasteiger partial charge in [-0.15, -0.1) is 11.3 Å². The fraction of sp³-hybridized carbons (Fsp3) is 0.308. The Kier molecular flexibility index (Phi) is 3.76. The highest BCUT2D eigenvalue weighted by atomic mass is 32.1. The maximum atomic E-state index is 5.76. The van der Waals surface area contributed by atoms with Gasteiger partial charge in [-0.3, -0.25) is 0 Å². The molecule has 2 N–H and O–H groups in total. The Balaban J connectivity index is 2.24. The van der Waals surface area contributed by atoms with Crippen molar-refractivity contribution in [1.82, 2.24) is 4.98 Å². The molecule has 0 fully saturated rings. The minimum Gasteiger partial charge on any atom is -0.497 e. The predicted molar refractivity (Wildman–Crippen MR) is 71.5 cm³/mol. The summed E-state index contributed by atoms with van der Waals surface area (Å²) in [6, 6.07) is 8.09. The SMILES string of the molecule is COc1cccc(-c2nc(CC(C)N)cs2)c1. The van der Waals surface area contributed by atoms with E-state index in [9.17, 15) is 0 Å². The van der Waals surface area contributed by atoms with Gasteiger partial charge in [0.15, 0.2) is 0 Å². The van der Waals surface area contributed by atoms with E-state index in [1.807, 2.05) is 31.2 Å². The summed E-state index contributed by atoms with van der Waals surface area (Å²) in [5.74, 6) is 0.853. The number of nitrogens with two attached hydrogens (primary N) is 1. The van der Waals surface area contributed by atoms with Gasteiger partial charge < -0.3 is 10.5 Å². The number of hydrogen-bond acceptors (Lipinski definition) is 4. The molecular weight excluding hydrogens is 232 g/mol. The number of aromatic nitrogens is 1. The summed E-state index contributed by atoms with van der Waals surface area (Å²) in [6.07, 6.45) is 0.820. The van der Waals surface area contributed by atoms with E-state index in [-0.39, 0.29) is 6.04 Å². The van der Waals surface area contributed by atoms with Crippen molar-refractivity contribution in [3.63, 3.8) is 0 Å². The summed E-state index contributed by atoms with van der Waals surface area (Å²) in [7, 11) is 1.67. The minimum atomic E-state index is 0.148. The first-order chi connectivity index (χ1) is 8.19. The molecule has 0 aliphatic heterocycles. The number of thiazole rings is 1. The van der Waals surface area contributed by atoms with E-state index in [4.69, 9.17) is 10.5 Å². The molecule has 0 radical (unpaired) electrons. The van der Waals surface area contributed by atoms with Crippen LogP contribution >= 0.6 is 11.3 Å². The van der Waals surface area contributed by atoms with E-state index >= 15 is 0 Å². The molecule has 1 aromatic heterocycles. The van der Waals surface area contributed by atoms with Gasteiger partial charge in [-0.05, 0) is 19.1 Å². The first-order valence-corrected chi connectivity index (χ1v) is 6.41. The molecule has 0 spiro atoms. The van der Waals surface area contributed by atoms with Gasteiger partial charge in [0.05, 0.1) is 12.8 Å². The quantitative estimate of drug-likeness (QED) is 0.905. The van der Waals surface area contributed by atoms with Crippen molar-refractivity contribution < 1.29 is 4.74 Å². The molecule has 17 heavy (non-hydrogen) atoms. The number of rotatable bonds is 4. The van der Waals surface area contributed by atoms with E-state index < -0.39 is 0 Å². The average molecular weight is 248 g/mol. The average Bonchev–Trinajstić information content (AvgIpc) is 2.77. The lowest BCUT2D eigenvalue weighted by Crippen LogP contribution is -2.17. The van der Waals surface area contributed by atoms with E-state index in [2.05, 4.69) is 10.4 Å². The number of ether oxygens (including phenoxy) is 1. The van der Waals surface area contributed by atoms with Crippen molar-refractivity contribution in [2.24, 2.45) is 5.73 Å². The molecule has 90 valence electrons. The highest BCUT2D eigenvalue weighted by molar-refractivity contribution is 7.13. The monoisotopic (exact) mass is 248 g/mol. The van der Waals surface area contributed by atoms with Crippen molar-refractivity contribution in [1.29, 1.82) is 0 Å².